The van der Waals surface area contributed by atoms with Crippen molar-refractivity contribution in [3.63, 3.8) is 0 Å². The summed E-state index contributed by atoms with van der Waals surface area (Å²) in [7, 11) is 2.17. The van der Waals surface area contributed by atoms with Crippen molar-refractivity contribution in [2.24, 2.45) is 5.92 Å². The zero-order valence-corrected chi connectivity index (χ0v) is 9.32. The Labute approximate surface area is 91.5 Å². The van der Waals surface area contributed by atoms with Gasteiger partial charge in [0, 0.05) is 19.3 Å². The molecular weight excluding hydrogens is 186 g/mol. The van der Waals surface area contributed by atoms with Crippen LogP contribution in [0.5, 0.6) is 0 Å². The van der Waals surface area contributed by atoms with Crippen LogP contribution in [0.15, 0.2) is 24.4 Å². The molecule has 82 valence electrons. The first kappa shape index (κ1) is 10.6. The molecule has 1 fully saturated rings. The molecule has 1 aromatic heterocycles. The van der Waals surface area contributed by atoms with Gasteiger partial charge >= 0.3 is 0 Å². The number of nitrogens with one attached hydrogen (secondary N) is 1. The molecule has 0 spiro atoms. The largest absolute Gasteiger partial charge is 0.316 e. The summed E-state index contributed by atoms with van der Waals surface area (Å²) in [6.07, 6.45) is 3.17. The third-order valence-corrected chi connectivity index (χ3v) is 2.89. The molecule has 0 radical (unpaired) electrons. The lowest BCUT2D eigenvalue weighted by Crippen LogP contribution is -2.26. The Morgan fingerprint density at radius 2 is 2.47 bits per heavy atom. The zero-order chi connectivity index (χ0) is 10.5. The van der Waals surface area contributed by atoms with Gasteiger partial charge in [0.25, 0.3) is 0 Å². The molecule has 1 N–H and O–H groups in total. The lowest BCUT2D eigenvalue weighted by molar-refractivity contribution is 0.275. The maximum absolute atomic E-state index is 4.34. The van der Waals surface area contributed by atoms with Crippen LogP contribution in [0.4, 0.5) is 0 Å². The molecule has 0 aromatic carbocycles. The van der Waals surface area contributed by atoms with Crippen LogP contribution in [-0.2, 0) is 6.54 Å². The van der Waals surface area contributed by atoms with Crippen molar-refractivity contribution in [2.75, 3.05) is 26.7 Å². The molecule has 0 saturated carbocycles. The molecule has 3 heteroatoms. The van der Waals surface area contributed by atoms with E-state index in [1.165, 1.54) is 26.1 Å². The monoisotopic (exact) mass is 205 g/mol. The van der Waals surface area contributed by atoms with Gasteiger partial charge in [-0.25, -0.2) is 0 Å². The van der Waals surface area contributed by atoms with Gasteiger partial charge in [0.1, 0.15) is 0 Å². The van der Waals surface area contributed by atoms with Gasteiger partial charge in [-0.15, -0.1) is 0 Å². The molecule has 1 aromatic rings. The predicted octanol–water partition coefficient (Wildman–Crippen LogP) is 1.12. The fraction of sp³-hybridized carbons (Fsp3) is 0.583. The van der Waals surface area contributed by atoms with Crippen LogP contribution >= 0.6 is 0 Å². The van der Waals surface area contributed by atoms with Gasteiger partial charge in [-0.05, 0) is 44.6 Å². The maximum Gasteiger partial charge on any atom is 0.0543 e. The lowest BCUT2D eigenvalue weighted by atomic mass is 10.1. The topological polar surface area (TPSA) is 28.2 Å². The van der Waals surface area contributed by atoms with Crippen molar-refractivity contribution in [2.45, 2.75) is 13.0 Å². The second kappa shape index (κ2) is 5.24. The summed E-state index contributed by atoms with van der Waals surface area (Å²) < 4.78 is 0. The fourth-order valence-electron chi connectivity index (χ4n) is 2.14. The van der Waals surface area contributed by atoms with Gasteiger partial charge in [0.05, 0.1) is 5.69 Å². The van der Waals surface area contributed by atoms with E-state index in [-0.39, 0.29) is 0 Å². The highest BCUT2D eigenvalue weighted by atomic mass is 15.1. The average Bonchev–Trinajstić information content (AvgIpc) is 2.71. The highest BCUT2D eigenvalue weighted by Crippen LogP contribution is 2.10. The molecule has 1 aliphatic rings. The summed E-state index contributed by atoms with van der Waals surface area (Å²) in [5, 5.41) is 3.40. The van der Waals surface area contributed by atoms with Gasteiger partial charge in [-0.3, -0.25) is 4.98 Å². The van der Waals surface area contributed by atoms with Crippen LogP contribution in [0.2, 0.25) is 0 Å². The van der Waals surface area contributed by atoms with E-state index < -0.39 is 0 Å². The number of pyridine rings is 1. The smallest absolute Gasteiger partial charge is 0.0543 e. The highest BCUT2D eigenvalue weighted by molar-refractivity contribution is 5.03. The number of hydrogen-bond acceptors (Lipinski definition) is 3. The minimum atomic E-state index is 0.818. The number of rotatable bonds is 4. The van der Waals surface area contributed by atoms with Crippen LogP contribution in [0.3, 0.4) is 0 Å². The van der Waals surface area contributed by atoms with Gasteiger partial charge < -0.3 is 10.2 Å². The van der Waals surface area contributed by atoms with E-state index in [0.29, 0.717) is 0 Å². The van der Waals surface area contributed by atoms with Crippen molar-refractivity contribution in [3.05, 3.63) is 30.1 Å². The van der Waals surface area contributed by atoms with Crippen molar-refractivity contribution in [1.82, 2.24) is 15.2 Å². The van der Waals surface area contributed by atoms with Crippen LogP contribution in [-0.4, -0.2) is 36.6 Å². The molecule has 1 saturated heterocycles. The molecule has 0 amide bonds. The molecular formula is C12H19N3. The second-order valence-corrected chi connectivity index (χ2v) is 4.38. The molecule has 15 heavy (non-hydrogen) atoms. The average molecular weight is 205 g/mol. The Hall–Kier alpha value is -0.930. The quantitative estimate of drug-likeness (QED) is 0.798. The second-order valence-electron chi connectivity index (χ2n) is 4.38. The molecule has 3 nitrogen and oxygen atoms in total. The molecule has 1 atom stereocenters. The van der Waals surface area contributed by atoms with Gasteiger partial charge in [0.2, 0.25) is 0 Å². The van der Waals surface area contributed by atoms with E-state index in [1.54, 1.807) is 0 Å². The summed E-state index contributed by atoms with van der Waals surface area (Å²) in [6.45, 7) is 4.48. The Kier molecular flexibility index (Phi) is 3.69. The first-order valence-corrected chi connectivity index (χ1v) is 5.64. The third kappa shape index (κ3) is 3.29. The third-order valence-electron chi connectivity index (χ3n) is 2.89. The van der Waals surface area contributed by atoms with E-state index in [0.717, 1.165) is 18.2 Å². The van der Waals surface area contributed by atoms with Gasteiger partial charge in [-0.1, -0.05) is 6.07 Å². The Balaban J connectivity index is 1.79. The van der Waals surface area contributed by atoms with Crippen LogP contribution in [0.1, 0.15) is 12.1 Å². The lowest BCUT2D eigenvalue weighted by Gasteiger charge is -2.19. The van der Waals surface area contributed by atoms with E-state index >= 15 is 0 Å². The minimum Gasteiger partial charge on any atom is -0.316 e. The first-order chi connectivity index (χ1) is 7.34. The van der Waals surface area contributed by atoms with E-state index in [9.17, 15) is 0 Å². The van der Waals surface area contributed by atoms with E-state index in [4.69, 9.17) is 0 Å². The van der Waals surface area contributed by atoms with Gasteiger partial charge in [-0.2, -0.15) is 0 Å². The molecule has 0 aliphatic carbocycles. The molecule has 2 heterocycles. The molecule has 0 unspecified atom stereocenters. The number of nitrogens with zero attached hydrogens (tertiary/aromatic N) is 2. The Morgan fingerprint density at radius 3 is 3.13 bits per heavy atom. The van der Waals surface area contributed by atoms with Crippen LogP contribution in [0.25, 0.3) is 0 Å². The summed E-state index contributed by atoms with van der Waals surface area (Å²) in [4.78, 5) is 6.70. The summed E-state index contributed by atoms with van der Waals surface area (Å²) in [6, 6.07) is 6.10. The van der Waals surface area contributed by atoms with Crippen molar-refractivity contribution >= 4 is 0 Å². The molecule has 2 rings (SSSR count). The maximum atomic E-state index is 4.34. The van der Waals surface area contributed by atoms with Crippen molar-refractivity contribution in [3.8, 4) is 0 Å². The normalized spacial score (nSPS) is 21.1. The standard InChI is InChI=1S/C12H19N3/c1-15(9-11-5-7-13-8-11)10-12-4-2-3-6-14-12/h2-4,6,11,13H,5,7-10H2,1H3/t11-/m1/s1. The summed E-state index contributed by atoms with van der Waals surface area (Å²) >= 11 is 0. The summed E-state index contributed by atoms with van der Waals surface area (Å²) in [5.41, 5.74) is 1.16. The van der Waals surface area contributed by atoms with E-state index in [1.807, 2.05) is 18.3 Å². The minimum absolute atomic E-state index is 0.818. The molecule has 1 aliphatic heterocycles. The summed E-state index contributed by atoms with van der Waals surface area (Å²) in [5.74, 6) is 0.818. The van der Waals surface area contributed by atoms with Crippen molar-refractivity contribution in [1.29, 1.82) is 0 Å². The fourth-order valence-corrected chi connectivity index (χ4v) is 2.14. The van der Waals surface area contributed by atoms with Gasteiger partial charge in [0.15, 0.2) is 0 Å². The predicted molar refractivity (Wildman–Crippen MR) is 61.5 cm³/mol. The SMILES string of the molecule is CN(Cc1ccccn1)C[C@@H]1CCNC1. The first-order valence-electron chi connectivity index (χ1n) is 5.64. The highest BCUT2D eigenvalue weighted by Gasteiger charge is 2.16. The Bertz CT molecular complexity index is 280. The number of aromatic nitrogens is 1. The Morgan fingerprint density at radius 1 is 1.53 bits per heavy atom. The van der Waals surface area contributed by atoms with E-state index in [2.05, 4.69) is 28.3 Å². The van der Waals surface area contributed by atoms with Crippen molar-refractivity contribution < 1.29 is 0 Å². The van der Waals surface area contributed by atoms with Crippen LogP contribution in [0, 0.1) is 5.92 Å². The van der Waals surface area contributed by atoms with Crippen LogP contribution < -0.4 is 5.32 Å². The number of hydrogen-bond donors (Lipinski definition) is 1. The zero-order valence-electron chi connectivity index (χ0n) is 9.32. The molecule has 0 bridgehead atoms.